The standard InChI is InChI=1S/C12H12BrF3N2O/c1-18-6-8-4-7(9(13)5-12(14,15)16)2-3-10(8)17-11(18)19/h2-4,9H,5-6H2,1H3,(H,17,19). The van der Waals surface area contributed by atoms with Crippen LogP contribution in [-0.2, 0) is 6.54 Å². The summed E-state index contributed by atoms with van der Waals surface area (Å²) >= 11 is 3.06. The average Bonchev–Trinajstić information content (AvgIpc) is 2.27. The highest BCUT2D eigenvalue weighted by Gasteiger charge is 2.32. The molecular weight excluding hydrogens is 325 g/mol. The molecule has 1 aromatic carbocycles. The summed E-state index contributed by atoms with van der Waals surface area (Å²) in [5.74, 6) is 0. The van der Waals surface area contributed by atoms with E-state index >= 15 is 0 Å². The number of hydrogen-bond acceptors (Lipinski definition) is 1. The summed E-state index contributed by atoms with van der Waals surface area (Å²) in [7, 11) is 1.63. The molecule has 0 spiro atoms. The minimum Gasteiger partial charge on any atom is -0.323 e. The topological polar surface area (TPSA) is 32.3 Å². The maximum atomic E-state index is 12.3. The van der Waals surface area contributed by atoms with Crippen molar-refractivity contribution < 1.29 is 18.0 Å². The number of benzene rings is 1. The summed E-state index contributed by atoms with van der Waals surface area (Å²) in [5.41, 5.74) is 2.02. The molecule has 1 aliphatic heterocycles. The van der Waals surface area contributed by atoms with Crippen molar-refractivity contribution >= 4 is 27.6 Å². The molecule has 2 rings (SSSR count). The van der Waals surface area contributed by atoms with Crippen LogP contribution in [0, 0.1) is 0 Å². The number of carbonyl (C=O) groups is 1. The van der Waals surface area contributed by atoms with Gasteiger partial charge in [0.05, 0.1) is 6.42 Å². The van der Waals surface area contributed by atoms with E-state index in [2.05, 4.69) is 21.2 Å². The molecule has 0 saturated carbocycles. The Bertz CT molecular complexity index is 504. The van der Waals surface area contributed by atoms with Gasteiger partial charge in [-0.1, -0.05) is 28.1 Å². The van der Waals surface area contributed by atoms with Crippen molar-refractivity contribution in [3.05, 3.63) is 29.3 Å². The van der Waals surface area contributed by atoms with Crippen molar-refractivity contribution in [1.29, 1.82) is 0 Å². The molecule has 1 aromatic rings. The Balaban J connectivity index is 2.22. The molecule has 1 N–H and O–H groups in total. The van der Waals surface area contributed by atoms with E-state index in [1.807, 2.05) is 0 Å². The van der Waals surface area contributed by atoms with Gasteiger partial charge in [-0.15, -0.1) is 0 Å². The van der Waals surface area contributed by atoms with Crippen LogP contribution in [-0.4, -0.2) is 24.2 Å². The van der Waals surface area contributed by atoms with Crippen LogP contribution in [0.1, 0.15) is 22.4 Å². The molecule has 2 amide bonds. The SMILES string of the molecule is CN1Cc2cc(C(Br)CC(F)(F)F)ccc2NC1=O. The number of fused-ring (bicyclic) bond motifs is 1. The van der Waals surface area contributed by atoms with E-state index in [0.717, 1.165) is 5.56 Å². The highest BCUT2D eigenvalue weighted by molar-refractivity contribution is 9.09. The molecule has 0 aromatic heterocycles. The number of nitrogens with one attached hydrogen (secondary N) is 1. The van der Waals surface area contributed by atoms with E-state index in [1.54, 1.807) is 25.2 Å². The first-order chi connectivity index (χ1) is 8.76. The van der Waals surface area contributed by atoms with E-state index in [0.29, 0.717) is 17.8 Å². The third kappa shape index (κ3) is 3.40. The highest BCUT2D eigenvalue weighted by atomic mass is 79.9. The number of amides is 2. The van der Waals surface area contributed by atoms with E-state index in [4.69, 9.17) is 0 Å². The van der Waals surface area contributed by atoms with Gasteiger partial charge >= 0.3 is 12.2 Å². The lowest BCUT2D eigenvalue weighted by atomic mass is 10.0. The first-order valence-electron chi connectivity index (χ1n) is 5.62. The second-order valence-corrected chi connectivity index (χ2v) is 5.59. The average molecular weight is 337 g/mol. The van der Waals surface area contributed by atoms with Crippen LogP contribution >= 0.6 is 15.9 Å². The van der Waals surface area contributed by atoms with Gasteiger partial charge in [-0.05, 0) is 17.2 Å². The maximum absolute atomic E-state index is 12.3. The fraction of sp³-hybridized carbons (Fsp3) is 0.417. The Morgan fingerprint density at radius 1 is 1.47 bits per heavy atom. The third-order valence-electron chi connectivity index (χ3n) is 2.90. The first-order valence-corrected chi connectivity index (χ1v) is 6.53. The molecule has 19 heavy (non-hydrogen) atoms. The molecule has 0 fully saturated rings. The van der Waals surface area contributed by atoms with Crippen molar-refractivity contribution in [2.75, 3.05) is 12.4 Å². The van der Waals surface area contributed by atoms with Crippen LogP contribution in [0.4, 0.5) is 23.7 Å². The Morgan fingerprint density at radius 2 is 2.16 bits per heavy atom. The minimum absolute atomic E-state index is 0.217. The van der Waals surface area contributed by atoms with E-state index in [1.165, 1.54) is 4.90 Å². The van der Waals surface area contributed by atoms with Gasteiger partial charge in [-0.2, -0.15) is 13.2 Å². The number of alkyl halides is 4. The number of carbonyl (C=O) groups excluding carboxylic acids is 1. The number of hydrogen-bond donors (Lipinski definition) is 1. The maximum Gasteiger partial charge on any atom is 0.390 e. The largest absolute Gasteiger partial charge is 0.390 e. The number of urea groups is 1. The van der Waals surface area contributed by atoms with Crippen LogP contribution in [0.25, 0.3) is 0 Å². The van der Waals surface area contributed by atoms with E-state index in [9.17, 15) is 18.0 Å². The van der Waals surface area contributed by atoms with Crippen LogP contribution in [0.15, 0.2) is 18.2 Å². The van der Waals surface area contributed by atoms with Crippen LogP contribution in [0.5, 0.6) is 0 Å². The fourth-order valence-electron chi connectivity index (χ4n) is 1.92. The molecule has 1 aliphatic rings. The number of rotatable bonds is 2. The fourth-order valence-corrected chi connectivity index (χ4v) is 2.57. The smallest absolute Gasteiger partial charge is 0.323 e. The molecule has 3 nitrogen and oxygen atoms in total. The summed E-state index contributed by atoms with van der Waals surface area (Å²) in [5, 5.41) is 2.67. The summed E-state index contributed by atoms with van der Waals surface area (Å²) < 4.78 is 37.0. The molecule has 104 valence electrons. The molecule has 1 unspecified atom stereocenters. The zero-order valence-corrected chi connectivity index (χ0v) is 11.7. The molecular formula is C12H12BrF3N2O. The second kappa shape index (κ2) is 5.03. The van der Waals surface area contributed by atoms with E-state index in [-0.39, 0.29) is 6.03 Å². The van der Waals surface area contributed by atoms with Crippen molar-refractivity contribution in [2.24, 2.45) is 0 Å². The lowest BCUT2D eigenvalue weighted by molar-refractivity contribution is -0.134. The Morgan fingerprint density at radius 3 is 2.79 bits per heavy atom. The monoisotopic (exact) mass is 336 g/mol. The Kier molecular flexibility index (Phi) is 3.75. The van der Waals surface area contributed by atoms with Crippen molar-refractivity contribution in [3.63, 3.8) is 0 Å². The summed E-state index contributed by atoms with van der Waals surface area (Å²) in [6, 6.07) is 4.71. The van der Waals surface area contributed by atoms with Crippen molar-refractivity contribution in [1.82, 2.24) is 4.90 Å². The number of anilines is 1. The van der Waals surface area contributed by atoms with Crippen molar-refractivity contribution in [2.45, 2.75) is 24.0 Å². The Hall–Kier alpha value is -1.24. The summed E-state index contributed by atoms with van der Waals surface area (Å²) in [4.78, 5) is 12.1. The lowest BCUT2D eigenvalue weighted by Gasteiger charge is -2.26. The zero-order valence-electron chi connectivity index (χ0n) is 10.1. The van der Waals surface area contributed by atoms with Gasteiger partial charge < -0.3 is 10.2 Å². The normalized spacial score (nSPS) is 16.9. The predicted molar refractivity (Wildman–Crippen MR) is 69.3 cm³/mol. The molecule has 7 heteroatoms. The summed E-state index contributed by atoms with van der Waals surface area (Å²) in [6.45, 7) is 0.390. The zero-order chi connectivity index (χ0) is 14.2. The van der Waals surface area contributed by atoms with Crippen LogP contribution < -0.4 is 5.32 Å². The quantitative estimate of drug-likeness (QED) is 0.812. The van der Waals surface area contributed by atoms with Gasteiger partial charge in [0.2, 0.25) is 0 Å². The molecule has 1 heterocycles. The van der Waals surface area contributed by atoms with Crippen LogP contribution in [0.3, 0.4) is 0 Å². The minimum atomic E-state index is -4.21. The third-order valence-corrected chi connectivity index (χ3v) is 3.75. The second-order valence-electron chi connectivity index (χ2n) is 4.49. The van der Waals surface area contributed by atoms with Gasteiger partial charge in [0.25, 0.3) is 0 Å². The van der Waals surface area contributed by atoms with E-state index < -0.39 is 17.4 Å². The number of halogens is 4. The lowest BCUT2D eigenvalue weighted by Crippen LogP contribution is -2.35. The highest BCUT2D eigenvalue weighted by Crippen LogP contribution is 2.37. The van der Waals surface area contributed by atoms with Gasteiger partial charge in [0, 0.05) is 24.1 Å². The molecule has 1 atom stereocenters. The molecule has 0 saturated heterocycles. The first kappa shape index (κ1) is 14.2. The molecule has 0 bridgehead atoms. The van der Waals surface area contributed by atoms with Gasteiger partial charge in [0.15, 0.2) is 0 Å². The molecule has 0 radical (unpaired) electrons. The Labute approximate surface area is 116 Å². The predicted octanol–water partition coefficient (Wildman–Crippen LogP) is 4.05. The summed E-state index contributed by atoms with van der Waals surface area (Å²) in [6.07, 6.45) is -5.14. The van der Waals surface area contributed by atoms with Gasteiger partial charge in [-0.25, -0.2) is 4.79 Å². The van der Waals surface area contributed by atoms with Crippen LogP contribution in [0.2, 0.25) is 0 Å². The molecule has 0 aliphatic carbocycles. The number of nitrogens with zero attached hydrogens (tertiary/aromatic N) is 1. The van der Waals surface area contributed by atoms with Crippen molar-refractivity contribution in [3.8, 4) is 0 Å². The van der Waals surface area contributed by atoms with Gasteiger partial charge in [0.1, 0.15) is 0 Å². The van der Waals surface area contributed by atoms with Gasteiger partial charge in [-0.3, -0.25) is 0 Å².